The van der Waals surface area contributed by atoms with Gasteiger partial charge in [-0.1, -0.05) is 36.0 Å². The van der Waals surface area contributed by atoms with Crippen molar-refractivity contribution in [3.8, 4) is 17.1 Å². The van der Waals surface area contributed by atoms with E-state index in [0.29, 0.717) is 11.0 Å². The molecule has 152 valence electrons. The van der Waals surface area contributed by atoms with Gasteiger partial charge in [0.2, 0.25) is 5.91 Å². The lowest BCUT2D eigenvalue weighted by atomic mass is 10.2. The van der Waals surface area contributed by atoms with Crippen LogP contribution in [0.3, 0.4) is 0 Å². The van der Waals surface area contributed by atoms with Crippen LogP contribution in [0.5, 0.6) is 0 Å². The average Bonchev–Trinajstić information content (AvgIpc) is 3.38. The molecule has 0 aliphatic rings. The Hall–Kier alpha value is -2.97. The highest BCUT2D eigenvalue weighted by Gasteiger charge is 2.19. The van der Waals surface area contributed by atoms with E-state index in [0.717, 1.165) is 27.6 Å². The lowest BCUT2D eigenvalue weighted by Gasteiger charge is -2.10. The number of amides is 1. The summed E-state index contributed by atoms with van der Waals surface area (Å²) >= 11 is 2.98. The molecule has 30 heavy (non-hydrogen) atoms. The van der Waals surface area contributed by atoms with Crippen LogP contribution in [0, 0.1) is 6.92 Å². The monoisotopic (exact) mass is 436 g/mol. The number of hydrogen-bond acceptors (Lipinski definition) is 6. The van der Waals surface area contributed by atoms with Crippen molar-refractivity contribution in [2.45, 2.75) is 17.0 Å². The van der Waals surface area contributed by atoms with E-state index in [-0.39, 0.29) is 11.7 Å². The van der Waals surface area contributed by atoms with Crippen LogP contribution in [-0.2, 0) is 4.79 Å². The van der Waals surface area contributed by atoms with Crippen molar-refractivity contribution in [3.05, 3.63) is 72.7 Å². The Morgan fingerprint density at radius 1 is 1.10 bits per heavy atom. The van der Waals surface area contributed by atoms with E-state index in [1.807, 2.05) is 78.4 Å². The predicted octanol–water partition coefficient (Wildman–Crippen LogP) is 5.29. The summed E-state index contributed by atoms with van der Waals surface area (Å²) < 4.78 is 7.40. The molecule has 0 radical (unpaired) electrons. The number of hydrogen-bond donors (Lipinski definition) is 1. The minimum absolute atomic E-state index is 0.0955. The summed E-state index contributed by atoms with van der Waals surface area (Å²) in [4.78, 5) is 13.6. The molecule has 6 nitrogen and oxygen atoms in total. The number of furan rings is 1. The Balaban J connectivity index is 1.56. The van der Waals surface area contributed by atoms with Crippen LogP contribution in [0.2, 0.25) is 0 Å². The maximum absolute atomic E-state index is 12.5. The quantitative estimate of drug-likeness (QED) is 0.397. The number of rotatable bonds is 7. The molecule has 2 aromatic carbocycles. The van der Waals surface area contributed by atoms with Crippen molar-refractivity contribution in [3.63, 3.8) is 0 Å². The number of carbonyl (C=O) groups excluding carboxylic acids is 1. The van der Waals surface area contributed by atoms with Crippen molar-refractivity contribution in [2.75, 3.05) is 17.3 Å². The van der Waals surface area contributed by atoms with Crippen LogP contribution < -0.4 is 5.32 Å². The van der Waals surface area contributed by atoms with Gasteiger partial charge in [0.15, 0.2) is 11.0 Å². The molecule has 8 heteroatoms. The molecule has 4 rings (SSSR count). The van der Waals surface area contributed by atoms with Gasteiger partial charge in [0.25, 0.3) is 0 Å². The molecule has 1 amide bonds. The van der Waals surface area contributed by atoms with Gasteiger partial charge >= 0.3 is 0 Å². The Morgan fingerprint density at radius 3 is 2.67 bits per heavy atom. The second kappa shape index (κ2) is 9.23. The van der Waals surface area contributed by atoms with Crippen molar-refractivity contribution in [1.82, 2.24) is 14.8 Å². The molecule has 4 aromatic rings. The predicted molar refractivity (Wildman–Crippen MR) is 121 cm³/mol. The van der Waals surface area contributed by atoms with Crippen molar-refractivity contribution in [2.24, 2.45) is 0 Å². The molecule has 0 unspecified atom stereocenters. The maximum Gasteiger partial charge on any atom is 0.234 e. The summed E-state index contributed by atoms with van der Waals surface area (Å²) in [6.45, 7) is 1.89. The van der Waals surface area contributed by atoms with Crippen LogP contribution in [0.1, 0.15) is 5.76 Å². The third kappa shape index (κ3) is 4.44. The van der Waals surface area contributed by atoms with Crippen LogP contribution >= 0.6 is 23.5 Å². The summed E-state index contributed by atoms with van der Waals surface area (Å²) in [7, 11) is 0. The third-order valence-corrected chi connectivity index (χ3v) is 6.09. The number of aryl methyl sites for hydroxylation is 1. The number of carbonyl (C=O) groups is 1. The molecular weight excluding hydrogens is 416 g/mol. The van der Waals surface area contributed by atoms with Gasteiger partial charge in [0.1, 0.15) is 5.76 Å². The Labute approximate surface area is 183 Å². The summed E-state index contributed by atoms with van der Waals surface area (Å²) in [5.41, 5.74) is 2.58. The Bertz CT molecular complexity index is 1150. The Morgan fingerprint density at radius 2 is 1.93 bits per heavy atom. The number of aromatic nitrogens is 3. The summed E-state index contributed by atoms with van der Waals surface area (Å²) in [5.74, 6) is 1.58. The maximum atomic E-state index is 12.5. The summed E-state index contributed by atoms with van der Waals surface area (Å²) in [6, 6.07) is 19.5. The first-order valence-electron chi connectivity index (χ1n) is 9.27. The fourth-order valence-corrected chi connectivity index (χ4v) is 4.20. The van der Waals surface area contributed by atoms with E-state index in [1.165, 1.54) is 11.8 Å². The fourth-order valence-electron chi connectivity index (χ4n) is 2.99. The molecule has 0 aliphatic carbocycles. The number of nitrogens with zero attached hydrogens (tertiary/aromatic N) is 3. The van der Waals surface area contributed by atoms with Gasteiger partial charge in [0, 0.05) is 16.3 Å². The molecule has 0 bridgehead atoms. The summed E-state index contributed by atoms with van der Waals surface area (Å²) in [6.07, 6.45) is 3.64. The number of nitrogens with one attached hydrogen (secondary N) is 1. The zero-order chi connectivity index (χ0) is 20.9. The van der Waals surface area contributed by atoms with E-state index in [2.05, 4.69) is 15.5 Å². The zero-order valence-corrected chi connectivity index (χ0v) is 18.2. The van der Waals surface area contributed by atoms with E-state index in [1.54, 1.807) is 18.0 Å². The smallest absolute Gasteiger partial charge is 0.234 e. The molecule has 0 spiro atoms. The van der Waals surface area contributed by atoms with Gasteiger partial charge in [-0.05, 0) is 49.6 Å². The molecular formula is C22H20N4O2S2. The van der Waals surface area contributed by atoms with E-state index in [4.69, 9.17) is 4.42 Å². The molecule has 0 aliphatic heterocycles. The highest BCUT2D eigenvalue weighted by Crippen LogP contribution is 2.30. The van der Waals surface area contributed by atoms with Gasteiger partial charge < -0.3 is 9.73 Å². The van der Waals surface area contributed by atoms with Crippen LogP contribution in [0.25, 0.3) is 17.1 Å². The highest BCUT2D eigenvalue weighted by molar-refractivity contribution is 7.99. The second-order valence-corrected chi connectivity index (χ2v) is 8.26. The van der Waals surface area contributed by atoms with E-state index >= 15 is 0 Å². The molecule has 0 fully saturated rings. The topological polar surface area (TPSA) is 73.0 Å². The highest BCUT2D eigenvalue weighted by atomic mass is 32.2. The minimum atomic E-state index is -0.0955. The number of thioether (sulfide) groups is 2. The minimum Gasteiger partial charge on any atom is -0.469 e. The number of anilines is 1. The lowest BCUT2D eigenvalue weighted by Crippen LogP contribution is -2.14. The molecule has 1 N–H and O–H groups in total. The van der Waals surface area contributed by atoms with Gasteiger partial charge in [0.05, 0.1) is 17.6 Å². The molecule has 2 heterocycles. The SMILES string of the molecule is CSc1cccc(NC(=O)CSc2nnc(-c3ccoc3C)n2-c2ccccc2)c1. The zero-order valence-electron chi connectivity index (χ0n) is 16.5. The molecule has 0 atom stereocenters. The van der Waals surface area contributed by atoms with Crippen LogP contribution in [0.15, 0.2) is 81.4 Å². The first-order chi connectivity index (χ1) is 14.7. The fraction of sp³-hybridized carbons (Fsp3) is 0.136. The number of benzene rings is 2. The number of para-hydroxylation sites is 1. The Kier molecular flexibility index (Phi) is 6.25. The first kappa shape index (κ1) is 20.3. The normalized spacial score (nSPS) is 10.9. The summed E-state index contributed by atoms with van der Waals surface area (Å²) in [5, 5.41) is 12.3. The van der Waals surface area contributed by atoms with Crippen LogP contribution in [-0.4, -0.2) is 32.7 Å². The standard InChI is InChI=1S/C22H20N4O2S2/c1-15-19(11-12-28-15)21-24-25-22(26(21)17-8-4-3-5-9-17)30-14-20(27)23-16-7-6-10-18(13-16)29-2/h3-13H,14H2,1-2H3,(H,23,27). The van der Waals surface area contributed by atoms with E-state index < -0.39 is 0 Å². The largest absolute Gasteiger partial charge is 0.469 e. The lowest BCUT2D eigenvalue weighted by molar-refractivity contribution is -0.113. The first-order valence-corrected chi connectivity index (χ1v) is 11.5. The van der Waals surface area contributed by atoms with Gasteiger partial charge in [-0.3, -0.25) is 9.36 Å². The van der Waals surface area contributed by atoms with E-state index in [9.17, 15) is 4.79 Å². The van der Waals surface area contributed by atoms with Crippen molar-refractivity contribution < 1.29 is 9.21 Å². The van der Waals surface area contributed by atoms with Crippen LogP contribution in [0.4, 0.5) is 5.69 Å². The van der Waals surface area contributed by atoms with Crippen molar-refractivity contribution >= 4 is 35.1 Å². The van der Waals surface area contributed by atoms with Crippen molar-refractivity contribution in [1.29, 1.82) is 0 Å². The van der Waals surface area contributed by atoms with Gasteiger partial charge in [-0.25, -0.2) is 0 Å². The van der Waals surface area contributed by atoms with Gasteiger partial charge in [-0.15, -0.1) is 22.0 Å². The second-order valence-electron chi connectivity index (χ2n) is 6.44. The average molecular weight is 437 g/mol. The molecule has 2 aromatic heterocycles. The van der Waals surface area contributed by atoms with Gasteiger partial charge in [-0.2, -0.15) is 0 Å². The molecule has 0 saturated carbocycles. The molecule has 0 saturated heterocycles. The third-order valence-electron chi connectivity index (χ3n) is 4.43.